The van der Waals surface area contributed by atoms with Crippen LogP contribution in [0.4, 0.5) is 0 Å². The van der Waals surface area contributed by atoms with Crippen LogP contribution < -0.4 is 10.1 Å². The van der Waals surface area contributed by atoms with Crippen molar-refractivity contribution >= 4 is 11.8 Å². The van der Waals surface area contributed by atoms with Crippen molar-refractivity contribution in [3.63, 3.8) is 0 Å². The van der Waals surface area contributed by atoms with Gasteiger partial charge in [0.2, 0.25) is 5.88 Å². The first-order valence-corrected chi connectivity index (χ1v) is 9.75. The van der Waals surface area contributed by atoms with Crippen molar-refractivity contribution in [3.05, 3.63) is 58.8 Å². The number of likely N-dealkylation sites (tertiary alicyclic amines) is 1. The van der Waals surface area contributed by atoms with Gasteiger partial charge in [0.1, 0.15) is 5.56 Å². The average molecular weight is 381 g/mol. The standard InChI is InChI=1S/C22H27N3O3/c1-4-28-21-19(10-9-16(3)23-21)22(27)25-13-11-17(12-14-25)24-20(26)18-8-6-5-7-15(18)2/h5-10,17H,4,11-14H2,1-3H3,(H,24,26). The lowest BCUT2D eigenvalue weighted by Crippen LogP contribution is -2.46. The van der Waals surface area contributed by atoms with E-state index < -0.39 is 0 Å². The van der Waals surface area contributed by atoms with E-state index in [-0.39, 0.29) is 17.9 Å². The van der Waals surface area contributed by atoms with Gasteiger partial charge in [-0.2, -0.15) is 0 Å². The monoisotopic (exact) mass is 381 g/mol. The van der Waals surface area contributed by atoms with E-state index in [1.165, 1.54) is 0 Å². The number of amides is 2. The fraction of sp³-hybridized carbons (Fsp3) is 0.409. The number of aromatic nitrogens is 1. The minimum Gasteiger partial charge on any atom is -0.477 e. The average Bonchev–Trinajstić information content (AvgIpc) is 2.69. The second kappa shape index (κ2) is 8.87. The molecule has 0 atom stereocenters. The molecule has 2 heterocycles. The molecule has 2 aromatic rings. The zero-order valence-electron chi connectivity index (χ0n) is 16.7. The van der Waals surface area contributed by atoms with Crippen LogP contribution in [0, 0.1) is 13.8 Å². The summed E-state index contributed by atoms with van der Waals surface area (Å²) in [4.78, 5) is 31.6. The van der Waals surface area contributed by atoms with Gasteiger partial charge in [0, 0.05) is 30.4 Å². The molecule has 1 aromatic heterocycles. The zero-order valence-corrected chi connectivity index (χ0v) is 16.7. The van der Waals surface area contributed by atoms with E-state index in [4.69, 9.17) is 4.74 Å². The van der Waals surface area contributed by atoms with Crippen molar-refractivity contribution in [2.75, 3.05) is 19.7 Å². The van der Waals surface area contributed by atoms with Crippen molar-refractivity contribution in [2.24, 2.45) is 0 Å². The summed E-state index contributed by atoms with van der Waals surface area (Å²) in [6.45, 7) is 7.33. The van der Waals surface area contributed by atoms with E-state index in [1.54, 1.807) is 6.07 Å². The number of ether oxygens (including phenoxy) is 1. The van der Waals surface area contributed by atoms with Crippen LogP contribution >= 0.6 is 0 Å². The maximum Gasteiger partial charge on any atom is 0.259 e. The summed E-state index contributed by atoms with van der Waals surface area (Å²) in [5.74, 6) is 0.270. The molecule has 1 N–H and O–H groups in total. The van der Waals surface area contributed by atoms with Crippen LogP contribution in [-0.4, -0.2) is 47.4 Å². The molecule has 6 nitrogen and oxygen atoms in total. The van der Waals surface area contributed by atoms with Gasteiger partial charge in [-0.05, 0) is 57.4 Å². The van der Waals surface area contributed by atoms with Gasteiger partial charge >= 0.3 is 0 Å². The second-order valence-corrected chi connectivity index (χ2v) is 7.09. The normalized spacial score (nSPS) is 14.6. The Balaban J connectivity index is 1.60. The minimum atomic E-state index is -0.0698. The van der Waals surface area contributed by atoms with Crippen molar-refractivity contribution in [2.45, 2.75) is 39.7 Å². The number of hydrogen-bond acceptors (Lipinski definition) is 4. The van der Waals surface area contributed by atoms with E-state index in [2.05, 4.69) is 10.3 Å². The minimum absolute atomic E-state index is 0.0516. The predicted molar refractivity (Wildman–Crippen MR) is 108 cm³/mol. The molecule has 0 unspecified atom stereocenters. The molecule has 3 rings (SSSR count). The number of carbonyl (C=O) groups excluding carboxylic acids is 2. The number of nitrogens with zero attached hydrogens (tertiary/aromatic N) is 2. The molecule has 28 heavy (non-hydrogen) atoms. The number of rotatable bonds is 5. The Morgan fingerprint density at radius 3 is 2.50 bits per heavy atom. The van der Waals surface area contributed by atoms with Crippen LogP contribution in [0.5, 0.6) is 5.88 Å². The van der Waals surface area contributed by atoms with Crippen molar-refractivity contribution in [1.29, 1.82) is 0 Å². The summed E-state index contributed by atoms with van der Waals surface area (Å²) in [5, 5.41) is 3.10. The number of piperidine rings is 1. The molecule has 0 aliphatic carbocycles. The molecule has 1 aliphatic rings. The molecule has 0 spiro atoms. The molecule has 6 heteroatoms. The highest BCUT2D eigenvalue weighted by molar-refractivity contribution is 5.97. The van der Waals surface area contributed by atoms with Crippen LogP contribution in [0.2, 0.25) is 0 Å². The molecule has 0 bridgehead atoms. The molecule has 1 aromatic carbocycles. The third-order valence-corrected chi connectivity index (χ3v) is 5.02. The van der Waals surface area contributed by atoms with Crippen molar-refractivity contribution < 1.29 is 14.3 Å². The summed E-state index contributed by atoms with van der Waals surface area (Å²) in [5.41, 5.74) is 2.98. The Bertz CT molecular complexity index is 858. The first-order valence-electron chi connectivity index (χ1n) is 9.75. The van der Waals surface area contributed by atoms with Gasteiger partial charge in [-0.15, -0.1) is 0 Å². The van der Waals surface area contributed by atoms with E-state index >= 15 is 0 Å². The summed E-state index contributed by atoms with van der Waals surface area (Å²) in [7, 11) is 0. The number of pyridine rings is 1. The highest BCUT2D eigenvalue weighted by Gasteiger charge is 2.27. The number of aryl methyl sites for hydroxylation is 2. The van der Waals surface area contributed by atoms with Crippen molar-refractivity contribution in [3.8, 4) is 5.88 Å². The largest absolute Gasteiger partial charge is 0.477 e. The van der Waals surface area contributed by atoms with Gasteiger partial charge in [0.05, 0.1) is 6.61 Å². The molecule has 1 aliphatic heterocycles. The summed E-state index contributed by atoms with van der Waals surface area (Å²) < 4.78 is 5.55. The Morgan fingerprint density at radius 1 is 1.11 bits per heavy atom. The lowest BCUT2D eigenvalue weighted by molar-refractivity contribution is 0.0693. The van der Waals surface area contributed by atoms with Crippen molar-refractivity contribution in [1.82, 2.24) is 15.2 Å². The molecule has 1 fully saturated rings. The highest BCUT2D eigenvalue weighted by atomic mass is 16.5. The van der Waals surface area contributed by atoms with Gasteiger partial charge in [-0.1, -0.05) is 18.2 Å². The van der Waals surface area contributed by atoms with E-state index in [9.17, 15) is 9.59 Å². The van der Waals surface area contributed by atoms with Gasteiger partial charge in [0.15, 0.2) is 0 Å². The smallest absolute Gasteiger partial charge is 0.259 e. The fourth-order valence-electron chi connectivity index (χ4n) is 3.43. The second-order valence-electron chi connectivity index (χ2n) is 7.09. The third kappa shape index (κ3) is 4.50. The Labute approximate surface area is 165 Å². The molecule has 148 valence electrons. The number of carbonyl (C=O) groups is 2. The number of benzene rings is 1. The SMILES string of the molecule is CCOc1nc(C)ccc1C(=O)N1CCC(NC(=O)c2ccccc2C)CC1. The Kier molecular flexibility index (Phi) is 6.29. The van der Waals surface area contributed by atoms with Gasteiger partial charge in [-0.3, -0.25) is 9.59 Å². The lowest BCUT2D eigenvalue weighted by atomic mass is 10.0. The fourth-order valence-corrected chi connectivity index (χ4v) is 3.43. The first-order chi connectivity index (χ1) is 13.5. The summed E-state index contributed by atoms with van der Waals surface area (Å²) in [6.07, 6.45) is 1.46. The number of hydrogen-bond donors (Lipinski definition) is 1. The molecular formula is C22H27N3O3. The van der Waals surface area contributed by atoms with Crippen LogP contribution in [0.3, 0.4) is 0 Å². The van der Waals surface area contributed by atoms with Crippen LogP contribution in [0.15, 0.2) is 36.4 Å². The molecular weight excluding hydrogens is 354 g/mol. The topological polar surface area (TPSA) is 71.5 Å². The predicted octanol–water partition coefficient (Wildman–Crippen LogP) is 3.13. The number of nitrogens with one attached hydrogen (secondary N) is 1. The van der Waals surface area contributed by atoms with Crippen LogP contribution in [0.1, 0.15) is 51.7 Å². The molecule has 0 saturated carbocycles. The highest BCUT2D eigenvalue weighted by Crippen LogP contribution is 2.21. The summed E-state index contributed by atoms with van der Waals surface area (Å²) in [6, 6.07) is 11.2. The van der Waals surface area contributed by atoms with E-state index in [0.29, 0.717) is 36.7 Å². The Morgan fingerprint density at radius 2 is 1.82 bits per heavy atom. The van der Waals surface area contributed by atoms with Gasteiger partial charge in [-0.25, -0.2) is 4.98 Å². The molecule has 1 saturated heterocycles. The zero-order chi connectivity index (χ0) is 20.1. The van der Waals surface area contributed by atoms with E-state index in [1.807, 2.05) is 56.0 Å². The third-order valence-electron chi connectivity index (χ3n) is 5.02. The van der Waals surface area contributed by atoms with E-state index in [0.717, 1.165) is 24.1 Å². The summed E-state index contributed by atoms with van der Waals surface area (Å²) >= 11 is 0. The maximum atomic E-state index is 12.9. The van der Waals surface area contributed by atoms with Gasteiger partial charge in [0.25, 0.3) is 11.8 Å². The van der Waals surface area contributed by atoms with Gasteiger partial charge < -0.3 is 15.0 Å². The Hall–Kier alpha value is -2.89. The maximum absolute atomic E-state index is 12.9. The first kappa shape index (κ1) is 19.9. The lowest BCUT2D eigenvalue weighted by Gasteiger charge is -2.32. The van der Waals surface area contributed by atoms with Crippen LogP contribution in [-0.2, 0) is 0 Å². The van der Waals surface area contributed by atoms with Crippen LogP contribution in [0.25, 0.3) is 0 Å². The molecule has 0 radical (unpaired) electrons. The quantitative estimate of drug-likeness (QED) is 0.864. The molecule has 2 amide bonds.